The largest absolute Gasteiger partial charge is 0.497 e. The Kier molecular flexibility index (Phi) is 5.39. The minimum absolute atomic E-state index is 0.0963. The Morgan fingerprint density at radius 3 is 2.39 bits per heavy atom. The highest BCUT2D eigenvalue weighted by molar-refractivity contribution is 6.06. The lowest BCUT2D eigenvalue weighted by Gasteiger charge is -2.10. The number of methoxy groups -OCH3 is 1. The third kappa shape index (κ3) is 4.25. The Hall–Kier alpha value is -4.53. The van der Waals surface area contributed by atoms with E-state index < -0.39 is 10.8 Å². The summed E-state index contributed by atoms with van der Waals surface area (Å²) in [4.78, 5) is 23.0. The lowest BCUT2D eigenvalue weighted by molar-refractivity contribution is -0.384. The van der Waals surface area contributed by atoms with Gasteiger partial charge in [-0.25, -0.2) is 0 Å². The first-order chi connectivity index (χ1) is 15.0. The van der Waals surface area contributed by atoms with Gasteiger partial charge < -0.3 is 14.5 Å². The summed E-state index contributed by atoms with van der Waals surface area (Å²) in [6, 6.07) is 19.6. The normalized spacial score (nSPS) is 10.5. The fourth-order valence-corrected chi connectivity index (χ4v) is 2.89. The summed E-state index contributed by atoms with van der Waals surface area (Å²) in [7, 11) is 1.53. The van der Waals surface area contributed by atoms with Crippen LogP contribution in [0.25, 0.3) is 22.9 Å². The molecule has 0 aliphatic carbocycles. The van der Waals surface area contributed by atoms with E-state index in [0.29, 0.717) is 22.9 Å². The molecule has 9 heteroatoms. The summed E-state index contributed by atoms with van der Waals surface area (Å²) in [5, 5.41) is 21.8. The zero-order chi connectivity index (χ0) is 21.8. The van der Waals surface area contributed by atoms with Crippen molar-refractivity contribution in [2.24, 2.45) is 0 Å². The molecule has 0 bridgehead atoms. The first-order valence-corrected chi connectivity index (χ1v) is 9.18. The van der Waals surface area contributed by atoms with Crippen molar-refractivity contribution in [3.63, 3.8) is 0 Å². The Morgan fingerprint density at radius 1 is 1.00 bits per heavy atom. The van der Waals surface area contributed by atoms with Crippen LogP contribution < -0.4 is 10.1 Å². The second kappa shape index (κ2) is 8.46. The van der Waals surface area contributed by atoms with Crippen molar-refractivity contribution < 1.29 is 18.9 Å². The number of nitrogens with zero attached hydrogens (tertiary/aromatic N) is 3. The van der Waals surface area contributed by atoms with Gasteiger partial charge in [-0.3, -0.25) is 14.9 Å². The number of rotatable bonds is 6. The van der Waals surface area contributed by atoms with Crippen LogP contribution in [-0.4, -0.2) is 28.1 Å². The number of nitro groups is 1. The van der Waals surface area contributed by atoms with Gasteiger partial charge in [0.25, 0.3) is 11.6 Å². The van der Waals surface area contributed by atoms with E-state index in [2.05, 4.69) is 15.5 Å². The summed E-state index contributed by atoms with van der Waals surface area (Å²) in [5.74, 6) is 0.648. The summed E-state index contributed by atoms with van der Waals surface area (Å²) in [5.41, 5.74) is 1.83. The molecule has 0 fully saturated rings. The highest BCUT2D eigenvalue weighted by Gasteiger charge is 2.18. The summed E-state index contributed by atoms with van der Waals surface area (Å²) in [6.07, 6.45) is 0. The number of amides is 1. The van der Waals surface area contributed by atoms with E-state index in [0.717, 1.165) is 5.56 Å². The van der Waals surface area contributed by atoms with Crippen molar-refractivity contribution in [1.29, 1.82) is 0 Å². The SMILES string of the molecule is COc1ccc(NC(=O)c2ccc([N+](=O)[O-])cc2)c(-c2nnc(-c3ccccc3)o2)c1. The van der Waals surface area contributed by atoms with Gasteiger partial charge in [-0.05, 0) is 42.5 Å². The van der Waals surface area contributed by atoms with Crippen molar-refractivity contribution in [2.75, 3.05) is 12.4 Å². The molecule has 0 radical (unpaired) electrons. The first-order valence-electron chi connectivity index (χ1n) is 9.18. The van der Waals surface area contributed by atoms with Crippen molar-refractivity contribution in [3.05, 3.63) is 88.5 Å². The maximum atomic E-state index is 12.7. The fourth-order valence-electron chi connectivity index (χ4n) is 2.89. The molecular weight excluding hydrogens is 400 g/mol. The van der Waals surface area contributed by atoms with E-state index in [1.165, 1.54) is 31.4 Å². The van der Waals surface area contributed by atoms with Gasteiger partial charge in [0.1, 0.15) is 5.75 Å². The second-order valence-electron chi connectivity index (χ2n) is 6.45. The molecule has 0 saturated heterocycles. The number of benzene rings is 3. The van der Waals surface area contributed by atoms with Gasteiger partial charge >= 0.3 is 0 Å². The van der Waals surface area contributed by atoms with Gasteiger partial charge in [-0.1, -0.05) is 18.2 Å². The van der Waals surface area contributed by atoms with Crippen LogP contribution in [0.15, 0.2) is 77.2 Å². The average Bonchev–Trinajstić information content (AvgIpc) is 3.30. The monoisotopic (exact) mass is 416 g/mol. The first kappa shape index (κ1) is 19.8. The summed E-state index contributed by atoms with van der Waals surface area (Å²) < 4.78 is 11.1. The van der Waals surface area contributed by atoms with Gasteiger partial charge in [0, 0.05) is 23.3 Å². The van der Waals surface area contributed by atoms with Crippen LogP contribution in [0, 0.1) is 10.1 Å². The maximum Gasteiger partial charge on any atom is 0.269 e. The molecule has 1 amide bonds. The number of nitro benzene ring substituents is 1. The van der Waals surface area contributed by atoms with Crippen LogP contribution >= 0.6 is 0 Å². The number of carbonyl (C=O) groups is 1. The zero-order valence-corrected chi connectivity index (χ0v) is 16.3. The molecule has 0 unspecified atom stereocenters. The molecule has 3 aromatic carbocycles. The molecule has 4 rings (SSSR count). The zero-order valence-electron chi connectivity index (χ0n) is 16.3. The molecule has 31 heavy (non-hydrogen) atoms. The standard InChI is InChI=1S/C22H16N4O5/c1-30-17-11-12-19(23-20(27)14-7-9-16(10-8-14)26(28)29)18(13-17)22-25-24-21(31-22)15-5-3-2-4-6-15/h2-13H,1H3,(H,23,27). The number of aromatic nitrogens is 2. The highest BCUT2D eigenvalue weighted by atomic mass is 16.6. The van der Waals surface area contributed by atoms with Gasteiger partial charge in [0.05, 0.1) is 23.3 Å². The summed E-state index contributed by atoms with van der Waals surface area (Å²) in [6.45, 7) is 0. The van der Waals surface area contributed by atoms with Crippen molar-refractivity contribution >= 4 is 17.3 Å². The minimum atomic E-state index is -0.525. The van der Waals surface area contributed by atoms with Crippen LogP contribution in [-0.2, 0) is 0 Å². The molecule has 9 nitrogen and oxygen atoms in total. The van der Waals surface area contributed by atoms with Crippen LogP contribution in [0.1, 0.15) is 10.4 Å². The smallest absolute Gasteiger partial charge is 0.269 e. The molecule has 0 aliphatic heterocycles. The van der Waals surface area contributed by atoms with E-state index >= 15 is 0 Å². The second-order valence-corrected chi connectivity index (χ2v) is 6.45. The molecule has 0 atom stereocenters. The molecular formula is C22H16N4O5. The maximum absolute atomic E-state index is 12.7. The van der Waals surface area contributed by atoms with E-state index in [-0.39, 0.29) is 17.1 Å². The fraction of sp³-hybridized carbons (Fsp3) is 0.0455. The Balaban J connectivity index is 1.65. The predicted molar refractivity (Wildman–Crippen MR) is 113 cm³/mol. The lowest BCUT2D eigenvalue weighted by atomic mass is 10.1. The third-order valence-corrected chi connectivity index (χ3v) is 4.49. The van der Waals surface area contributed by atoms with Gasteiger partial charge in [0.2, 0.25) is 11.8 Å². The van der Waals surface area contributed by atoms with Crippen LogP contribution in [0.2, 0.25) is 0 Å². The number of hydrogen-bond acceptors (Lipinski definition) is 7. The van der Waals surface area contributed by atoms with Gasteiger partial charge in [-0.15, -0.1) is 10.2 Å². The predicted octanol–water partition coefficient (Wildman–Crippen LogP) is 4.57. The highest BCUT2D eigenvalue weighted by Crippen LogP contribution is 2.33. The molecule has 0 spiro atoms. The number of ether oxygens (including phenoxy) is 1. The quantitative estimate of drug-likeness (QED) is 0.361. The van der Waals surface area contributed by atoms with Gasteiger partial charge in [0.15, 0.2) is 0 Å². The van der Waals surface area contributed by atoms with E-state index in [9.17, 15) is 14.9 Å². The lowest BCUT2D eigenvalue weighted by Crippen LogP contribution is -2.12. The number of non-ortho nitro benzene ring substituents is 1. The van der Waals surface area contributed by atoms with E-state index in [1.54, 1.807) is 18.2 Å². The molecule has 1 N–H and O–H groups in total. The topological polar surface area (TPSA) is 120 Å². The van der Waals surface area contributed by atoms with E-state index in [1.807, 2.05) is 30.3 Å². The number of anilines is 1. The van der Waals surface area contributed by atoms with Crippen molar-refractivity contribution in [2.45, 2.75) is 0 Å². The van der Waals surface area contributed by atoms with Crippen LogP contribution in [0.3, 0.4) is 0 Å². The van der Waals surface area contributed by atoms with E-state index in [4.69, 9.17) is 9.15 Å². The Morgan fingerprint density at radius 2 is 1.71 bits per heavy atom. The van der Waals surface area contributed by atoms with Crippen molar-refractivity contribution in [3.8, 4) is 28.7 Å². The minimum Gasteiger partial charge on any atom is -0.497 e. The molecule has 4 aromatic rings. The number of carbonyl (C=O) groups excluding carboxylic acids is 1. The molecule has 0 aliphatic rings. The van der Waals surface area contributed by atoms with Gasteiger partial charge in [-0.2, -0.15) is 0 Å². The summed E-state index contributed by atoms with van der Waals surface area (Å²) >= 11 is 0. The van der Waals surface area contributed by atoms with Crippen molar-refractivity contribution in [1.82, 2.24) is 10.2 Å². The molecule has 0 saturated carbocycles. The number of hydrogen-bond donors (Lipinski definition) is 1. The Labute approximate surface area is 176 Å². The average molecular weight is 416 g/mol. The molecule has 1 heterocycles. The number of nitrogens with one attached hydrogen (secondary N) is 1. The van der Waals surface area contributed by atoms with Crippen LogP contribution in [0.5, 0.6) is 5.75 Å². The molecule has 154 valence electrons. The third-order valence-electron chi connectivity index (χ3n) is 4.49. The van der Waals surface area contributed by atoms with Crippen LogP contribution in [0.4, 0.5) is 11.4 Å². The Bertz CT molecular complexity index is 1240. The molecule has 1 aromatic heterocycles.